The topological polar surface area (TPSA) is 36.7 Å². The van der Waals surface area contributed by atoms with Gasteiger partial charge in [0, 0.05) is 11.3 Å². The van der Waals surface area contributed by atoms with Gasteiger partial charge in [-0.05, 0) is 97.4 Å². The molecule has 0 saturated carbocycles. The van der Waals surface area contributed by atoms with Gasteiger partial charge in [0.1, 0.15) is 0 Å². The summed E-state index contributed by atoms with van der Waals surface area (Å²) in [6.07, 6.45) is 3.59. The van der Waals surface area contributed by atoms with Gasteiger partial charge in [0.25, 0.3) is 0 Å². The Morgan fingerprint density at radius 2 is 1.12 bits per heavy atom. The minimum atomic E-state index is 0.484. The number of rotatable bonds is 6. The fraction of sp³-hybridized carbons (Fsp3) is 0.0244. The molecule has 0 saturated heterocycles. The van der Waals surface area contributed by atoms with Crippen LogP contribution in [0.15, 0.2) is 152 Å². The van der Waals surface area contributed by atoms with Crippen molar-refractivity contribution in [2.24, 2.45) is 0 Å². The highest BCUT2D eigenvalue weighted by Crippen LogP contribution is 2.44. The van der Waals surface area contributed by atoms with Gasteiger partial charge in [-0.1, -0.05) is 122 Å². The second kappa shape index (κ2) is 11.0. The number of benzene rings is 6. The second-order valence-electron chi connectivity index (χ2n) is 10.9. The lowest BCUT2D eigenvalue weighted by Crippen LogP contribution is -1.92. The molecular weight excluding hydrogens is 520 g/mol. The monoisotopic (exact) mass is 550 g/mol. The first-order valence-electron chi connectivity index (χ1n) is 14.5. The van der Waals surface area contributed by atoms with Crippen molar-refractivity contribution in [1.29, 1.82) is 5.41 Å². The van der Waals surface area contributed by atoms with Crippen molar-refractivity contribution in [3.05, 3.63) is 158 Å². The van der Waals surface area contributed by atoms with Crippen LogP contribution in [-0.4, -0.2) is 10.7 Å². The number of nitrogens with one attached hydrogen (secondary N) is 1. The van der Waals surface area contributed by atoms with Crippen LogP contribution in [0.3, 0.4) is 0 Å². The Hall–Kier alpha value is -5.60. The summed E-state index contributed by atoms with van der Waals surface area (Å²) >= 11 is 0. The largest absolute Gasteiger partial charge is 0.306 e. The van der Waals surface area contributed by atoms with Crippen molar-refractivity contribution < 1.29 is 0 Å². The molecule has 7 aromatic rings. The third-order valence-corrected chi connectivity index (χ3v) is 8.03. The molecule has 43 heavy (non-hydrogen) atoms. The normalized spacial score (nSPS) is 11.5. The molecule has 204 valence electrons. The van der Waals surface area contributed by atoms with Crippen LogP contribution in [0.1, 0.15) is 12.6 Å². The predicted octanol–water partition coefficient (Wildman–Crippen LogP) is 11.2. The van der Waals surface area contributed by atoms with Crippen LogP contribution in [0, 0.1) is 5.41 Å². The summed E-state index contributed by atoms with van der Waals surface area (Å²) in [6.45, 7) is 5.91. The molecule has 0 atom stereocenters. The van der Waals surface area contributed by atoms with Gasteiger partial charge in [-0.2, -0.15) is 0 Å². The summed E-state index contributed by atoms with van der Waals surface area (Å²) in [5, 5.41) is 15.0. The number of hydrogen-bond acceptors (Lipinski definition) is 2. The van der Waals surface area contributed by atoms with E-state index in [0.717, 1.165) is 22.5 Å². The number of fused-ring (bicyclic) bond motifs is 3. The highest BCUT2D eigenvalue weighted by atomic mass is 14.7. The molecule has 2 nitrogen and oxygen atoms in total. The van der Waals surface area contributed by atoms with Crippen molar-refractivity contribution in [1.82, 2.24) is 4.98 Å². The van der Waals surface area contributed by atoms with E-state index in [1.54, 1.807) is 13.0 Å². The van der Waals surface area contributed by atoms with E-state index in [4.69, 9.17) is 10.4 Å². The van der Waals surface area contributed by atoms with E-state index in [9.17, 15) is 0 Å². The number of aromatic nitrogens is 1. The molecule has 1 heterocycles. The van der Waals surface area contributed by atoms with Gasteiger partial charge in [-0.25, -0.2) is 4.98 Å². The van der Waals surface area contributed by atoms with Gasteiger partial charge in [-0.3, -0.25) is 0 Å². The number of nitrogens with zero attached hydrogens (tertiary/aromatic N) is 1. The van der Waals surface area contributed by atoms with E-state index in [-0.39, 0.29) is 0 Å². The highest BCUT2D eigenvalue weighted by Gasteiger charge is 2.16. The van der Waals surface area contributed by atoms with Crippen LogP contribution >= 0.6 is 0 Å². The highest BCUT2D eigenvalue weighted by molar-refractivity contribution is 6.21. The minimum absolute atomic E-state index is 0.484. The Balaban J connectivity index is 1.40. The van der Waals surface area contributed by atoms with E-state index < -0.39 is 0 Å². The van der Waals surface area contributed by atoms with Gasteiger partial charge in [0.05, 0.1) is 11.4 Å². The minimum Gasteiger partial charge on any atom is -0.306 e. The van der Waals surface area contributed by atoms with Gasteiger partial charge in [0.15, 0.2) is 0 Å². The summed E-state index contributed by atoms with van der Waals surface area (Å²) in [7, 11) is 0. The smallest absolute Gasteiger partial charge is 0.0709 e. The molecule has 0 fully saturated rings. The standard InChI is InChI=1S/C41H30N2/c1-27(19-20-28(2)42)38-17-10-18-39(43-38)31-23-21-29-22-24-32(26-33(29)25-31)41-36-15-8-6-13-34(36)40(30-11-4-3-5-12-30)35-14-7-9-16-37(35)41/h3-26,42H,1H2,2H3/b20-19-,42-28?. The average molecular weight is 551 g/mol. The third kappa shape index (κ3) is 4.94. The van der Waals surface area contributed by atoms with Gasteiger partial charge < -0.3 is 5.41 Å². The molecule has 0 unspecified atom stereocenters. The molecule has 0 radical (unpaired) electrons. The lowest BCUT2D eigenvalue weighted by molar-refractivity contribution is 1.28. The van der Waals surface area contributed by atoms with Crippen LogP contribution in [0.25, 0.3) is 71.4 Å². The zero-order chi connectivity index (χ0) is 29.3. The molecule has 0 aliphatic rings. The first-order chi connectivity index (χ1) is 21.1. The van der Waals surface area contributed by atoms with Crippen molar-refractivity contribution in [2.45, 2.75) is 6.92 Å². The molecular formula is C41H30N2. The van der Waals surface area contributed by atoms with E-state index in [2.05, 4.69) is 122 Å². The van der Waals surface area contributed by atoms with Gasteiger partial charge >= 0.3 is 0 Å². The van der Waals surface area contributed by atoms with E-state index in [1.807, 2.05) is 24.3 Å². The quantitative estimate of drug-likeness (QED) is 0.125. The maximum absolute atomic E-state index is 7.67. The number of allylic oxidation sites excluding steroid dienone is 3. The van der Waals surface area contributed by atoms with Crippen molar-refractivity contribution >= 4 is 43.6 Å². The van der Waals surface area contributed by atoms with Gasteiger partial charge in [-0.15, -0.1) is 0 Å². The number of pyridine rings is 1. The van der Waals surface area contributed by atoms with Crippen molar-refractivity contribution in [2.75, 3.05) is 0 Å². The zero-order valence-electron chi connectivity index (χ0n) is 24.0. The summed E-state index contributed by atoms with van der Waals surface area (Å²) in [5.74, 6) is 0. The Morgan fingerprint density at radius 1 is 0.558 bits per heavy atom. The lowest BCUT2D eigenvalue weighted by atomic mass is 9.85. The van der Waals surface area contributed by atoms with Gasteiger partial charge in [0.2, 0.25) is 0 Å². The molecule has 2 heteroatoms. The Labute approximate surface area is 251 Å². The molecule has 0 amide bonds. The van der Waals surface area contributed by atoms with E-state index in [1.165, 1.54) is 54.6 Å². The van der Waals surface area contributed by atoms with Crippen LogP contribution < -0.4 is 0 Å². The van der Waals surface area contributed by atoms with Crippen LogP contribution in [0.4, 0.5) is 0 Å². The Bertz CT molecular complexity index is 2160. The number of hydrogen-bond donors (Lipinski definition) is 1. The molecule has 0 aliphatic heterocycles. The molecule has 6 aromatic carbocycles. The summed E-state index contributed by atoms with van der Waals surface area (Å²) < 4.78 is 0. The maximum atomic E-state index is 7.67. The fourth-order valence-electron chi connectivity index (χ4n) is 6.00. The van der Waals surface area contributed by atoms with Crippen LogP contribution in [0.2, 0.25) is 0 Å². The third-order valence-electron chi connectivity index (χ3n) is 8.03. The summed E-state index contributed by atoms with van der Waals surface area (Å²) in [6, 6.07) is 47.6. The predicted molar refractivity (Wildman–Crippen MR) is 185 cm³/mol. The second-order valence-corrected chi connectivity index (χ2v) is 10.9. The first kappa shape index (κ1) is 26.3. The SMILES string of the molecule is C=C(/C=C\C(C)=N)c1cccc(-c2ccc3ccc(-c4c5ccccc5c(-c5ccccc5)c5ccccc45)cc3c2)n1. The van der Waals surface area contributed by atoms with E-state index in [0.29, 0.717) is 5.71 Å². The van der Waals surface area contributed by atoms with Crippen LogP contribution in [0.5, 0.6) is 0 Å². The van der Waals surface area contributed by atoms with Crippen molar-refractivity contribution in [3.8, 4) is 33.5 Å². The fourth-order valence-corrected chi connectivity index (χ4v) is 6.00. The molecule has 0 spiro atoms. The van der Waals surface area contributed by atoms with Crippen LogP contribution in [-0.2, 0) is 0 Å². The molecule has 1 aromatic heterocycles. The summed E-state index contributed by atoms with van der Waals surface area (Å²) in [5.41, 5.74) is 8.98. The zero-order valence-corrected chi connectivity index (χ0v) is 24.0. The molecule has 1 N–H and O–H groups in total. The first-order valence-corrected chi connectivity index (χ1v) is 14.5. The lowest BCUT2D eigenvalue weighted by Gasteiger charge is -2.18. The van der Waals surface area contributed by atoms with Crippen molar-refractivity contribution in [3.63, 3.8) is 0 Å². The Kier molecular flexibility index (Phi) is 6.73. The average Bonchev–Trinajstić information content (AvgIpc) is 3.06. The Morgan fingerprint density at radius 3 is 1.74 bits per heavy atom. The van der Waals surface area contributed by atoms with E-state index >= 15 is 0 Å². The summed E-state index contributed by atoms with van der Waals surface area (Å²) in [4.78, 5) is 4.91. The maximum Gasteiger partial charge on any atom is 0.0709 e. The molecule has 0 bridgehead atoms. The molecule has 7 rings (SSSR count). The molecule has 0 aliphatic carbocycles.